The molecule has 1 atom stereocenters. The smallest absolute Gasteiger partial charge is 0.206 e. The summed E-state index contributed by atoms with van der Waals surface area (Å²) in [6.07, 6.45) is 3.87. The Bertz CT molecular complexity index is 1120. The SMILES string of the molecule is N#Cc1ccc(/C=N\n2c(-c3ccccc3F)csc2=NC[C@H]2CCCO2)cc1. The van der Waals surface area contributed by atoms with Gasteiger partial charge in [-0.2, -0.15) is 10.4 Å². The van der Waals surface area contributed by atoms with Crippen molar-refractivity contribution in [1.29, 1.82) is 5.26 Å². The first-order chi connectivity index (χ1) is 14.2. The quantitative estimate of drug-likeness (QED) is 0.597. The highest BCUT2D eigenvalue weighted by atomic mass is 32.1. The third-order valence-electron chi connectivity index (χ3n) is 4.65. The topological polar surface area (TPSA) is 62.7 Å². The molecular weight excluding hydrogens is 387 g/mol. The molecular formula is C22H19FN4OS. The second kappa shape index (κ2) is 8.95. The fourth-order valence-electron chi connectivity index (χ4n) is 3.11. The molecule has 0 aliphatic carbocycles. The van der Waals surface area contributed by atoms with Gasteiger partial charge < -0.3 is 4.74 Å². The standard InChI is InChI=1S/C22H19FN4OS/c23-20-6-2-1-5-19(20)21-15-29-22(25-14-18-4-3-11-28-18)27(21)26-13-17-9-7-16(12-24)8-10-17/h1-2,5-10,13,15,18H,3-4,11,14H2/b25-22?,26-13-/t18-/m1/s1. The van der Waals surface area contributed by atoms with Crippen molar-refractivity contribution < 1.29 is 9.13 Å². The minimum atomic E-state index is -0.307. The number of halogens is 1. The van der Waals surface area contributed by atoms with E-state index in [4.69, 9.17) is 10.00 Å². The van der Waals surface area contributed by atoms with Crippen LogP contribution >= 0.6 is 11.3 Å². The number of nitrogens with zero attached hydrogens (tertiary/aromatic N) is 4. The van der Waals surface area contributed by atoms with E-state index >= 15 is 0 Å². The van der Waals surface area contributed by atoms with Gasteiger partial charge in [0, 0.05) is 17.6 Å². The Hall–Kier alpha value is -3.08. The third kappa shape index (κ3) is 4.50. The maximum absolute atomic E-state index is 14.4. The normalized spacial score (nSPS) is 17.1. The Kier molecular flexibility index (Phi) is 5.94. The predicted molar refractivity (Wildman–Crippen MR) is 111 cm³/mol. The summed E-state index contributed by atoms with van der Waals surface area (Å²) in [5.74, 6) is -0.307. The minimum absolute atomic E-state index is 0.130. The van der Waals surface area contributed by atoms with Crippen molar-refractivity contribution in [3.8, 4) is 17.3 Å². The Balaban J connectivity index is 1.72. The summed E-state index contributed by atoms with van der Waals surface area (Å²) in [4.78, 5) is 5.36. The summed E-state index contributed by atoms with van der Waals surface area (Å²) in [6.45, 7) is 1.34. The van der Waals surface area contributed by atoms with Crippen LogP contribution in [0.5, 0.6) is 0 Å². The van der Waals surface area contributed by atoms with Crippen molar-refractivity contribution in [2.24, 2.45) is 10.1 Å². The van der Waals surface area contributed by atoms with Gasteiger partial charge >= 0.3 is 0 Å². The third-order valence-corrected chi connectivity index (χ3v) is 5.51. The fourth-order valence-corrected chi connectivity index (χ4v) is 3.95. The van der Waals surface area contributed by atoms with Crippen LogP contribution in [-0.4, -0.2) is 30.1 Å². The van der Waals surface area contributed by atoms with Crippen molar-refractivity contribution in [3.05, 3.63) is 75.7 Å². The lowest BCUT2D eigenvalue weighted by Crippen LogP contribution is -2.17. The lowest BCUT2D eigenvalue weighted by Gasteiger charge is -2.06. The number of ether oxygens (including phenoxy) is 1. The first kappa shape index (κ1) is 19.2. The van der Waals surface area contributed by atoms with Crippen LogP contribution in [0.3, 0.4) is 0 Å². The van der Waals surface area contributed by atoms with Crippen LogP contribution < -0.4 is 4.80 Å². The zero-order chi connectivity index (χ0) is 20.1. The second-order valence-corrected chi connectivity index (χ2v) is 7.49. The van der Waals surface area contributed by atoms with Gasteiger partial charge in [0.25, 0.3) is 0 Å². The lowest BCUT2D eigenvalue weighted by atomic mass is 10.1. The number of nitriles is 1. The molecule has 1 aliphatic rings. The van der Waals surface area contributed by atoms with Crippen molar-refractivity contribution in [1.82, 2.24) is 4.68 Å². The van der Waals surface area contributed by atoms with E-state index in [2.05, 4.69) is 16.2 Å². The summed E-state index contributed by atoms with van der Waals surface area (Å²) in [5, 5.41) is 15.4. The number of rotatable bonds is 5. The number of aromatic nitrogens is 1. The van der Waals surface area contributed by atoms with Crippen molar-refractivity contribution >= 4 is 17.6 Å². The molecule has 0 bridgehead atoms. The van der Waals surface area contributed by atoms with E-state index in [-0.39, 0.29) is 11.9 Å². The van der Waals surface area contributed by atoms with Gasteiger partial charge in [0.05, 0.1) is 36.2 Å². The van der Waals surface area contributed by atoms with E-state index in [9.17, 15) is 4.39 Å². The average molecular weight is 406 g/mol. The van der Waals surface area contributed by atoms with Crippen LogP contribution in [-0.2, 0) is 4.74 Å². The zero-order valence-electron chi connectivity index (χ0n) is 15.7. The van der Waals surface area contributed by atoms with E-state index in [0.29, 0.717) is 28.2 Å². The molecule has 2 heterocycles. The molecule has 7 heteroatoms. The Morgan fingerprint density at radius 3 is 2.79 bits per heavy atom. The van der Waals surface area contributed by atoms with Crippen LogP contribution in [0.4, 0.5) is 4.39 Å². The highest BCUT2D eigenvalue weighted by Crippen LogP contribution is 2.23. The Labute approximate surface area is 172 Å². The van der Waals surface area contributed by atoms with E-state index in [1.54, 1.807) is 41.2 Å². The molecule has 29 heavy (non-hydrogen) atoms. The van der Waals surface area contributed by atoms with Gasteiger partial charge in [0.1, 0.15) is 5.82 Å². The van der Waals surface area contributed by atoms with Gasteiger partial charge in [0.2, 0.25) is 4.80 Å². The molecule has 1 aliphatic heterocycles. The van der Waals surface area contributed by atoms with E-state index in [0.717, 1.165) is 25.0 Å². The Morgan fingerprint density at radius 1 is 1.24 bits per heavy atom. The maximum atomic E-state index is 14.4. The van der Waals surface area contributed by atoms with Crippen molar-refractivity contribution in [2.45, 2.75) is 18.9 Å². The molecule has 5 nitrogen and oxygen atoms in total. The van der Waals surface area contributed by atoms with E-state index in [1.807, 2.05) is 17.5 Å². The van der Waals surface area contributed by atoms with E-state index in [1.165, 1.54) is 17.4 Å². The number of thiazole rings is 1. The van der Waals surface area contributed by atoms with E-state index < -0.39 is 0 Å². The molecule has 1 saturated heterocycles. The number of benzene rings is 2. The Morgan fingerprint density at radius 2 is 2.07 bits per heavy atom. The van der Waals surface area contributed by atoms with Crippen LogP contribution in [0, 0.1) is 17.1 Å². The summed E-state index contributed by atoms with van der Waals surface area (Å²) in [6, 6.07) is 15.8. The molecule has 2 aromatic carbocycles. The van der Waals surface area contributed by atoms with Gasteiger partial charge in [0.15, 0.2) is 0 Å². The zero-order valence-corrected chi connectivity index (χ0v) is 16.5. The molecule has 3 aromatic rings. The lowest BCUT2D eigenvalue weighted by molar-refractivity contribution is 0.117. The van der Waals surface area contributed by atoms with Crippen molar-refractivity contribution in [3.63, 3.8) is 0 Å². The first-order valence-electron chi connectivity index (χ1n) is 9.36. The monoisotopic (exact) mass is 406 g/mol. The number of hydrogen-bond acceptors (Lipinski definition) is 5. The molecule has 0 radical (unpaired) electrons. The summed E-state index contributed by atoms with van der Waals surface area (Å²) in [5.41, 5.74) is 2.54. The summed E-state index contributed by atoms with van der Waals surface area (Å²) in [7, 11) is 0. The van der Waals surface area contributed by atoms with Crippen LogP contribution in [0.2, 0.25) is 0 Å². The first-order valence-corrected chi connectivity index (χ1v) is 10.2. The molecule has 0 amide bonds. The van der Waals surface area contributed by atoms with Gasteiger partial charge in [-0.15, -0.1) is 11.3 Å². The fraction of sp³-hybridized carbons (Fsp3) is 0.227. The van der Waals surface area contributed by atoms with Crippen molar-refractivity contribution in [2.75, 3.05) is 13.2 Å². The second-order valence-electron chi connectivity index (χ2n) is 6.65. The predicted octanol–water partition coefficient (Wildman–Crippen LogP) is 4.19. The molecule has 0 unspecified atom stereocenters. The van der Waals surface area contributed by atoms with Gasteiger partial charge in [-0.25, -0.2) is 9.07 Å². The highest BCUT2D eigenvalue weighted by molar-refractivity contribution is 7.07. The molecule has 1 aromatic heterocycles. The average Bonchev–Trinajstić information content (AvgIpc) is 3.41. The van der Waals surface area contributed by atoms with Crippen LogP contribution in [0.15, 0.2) is 64.0 Å². The van der Waals surface area contributed by atoms with Gasteiger partial charge in [-0.3, -0.25) is 4.99 Å². The molecule has 1 fully saturated rings. The van der Waals surface area contributed by atoms with Crippen LogP contribution in [0.1, 0.15) is 24.0 Å². The highest BCUT2D eigenvalue weighted by Gasteiger charge is 2.16. The summed E-state index contributed by atoms with van der Waals surface area (Å²) >= 11 is 1.42. The summed E-state index contributed by atoms with van der Waals surface area (Å²) < 4.78 is 21.7. The molecule has 146 valence electrons. The molecule has 0 saturated carbocycles. The maximum Gasteiger partial charge on any atom is 0.206 e. The molecule has 4 rings (SSSR count). The van der Waals surface area contributed by atoms with Crippen LogP contribution in [0.25, 0.3) is 11.3 Å². The van der Waals surface area contributed by atoms with Gasteiger partial charge in [-0.1, -0.05) is 24.3 Å². The number of hydrogen-bond donors (Lipinski definition) is 0. The minimum Gasteiger partial charge on any atom is -0.376 e. The van der Waals surface area contributed by atoms with Gasteiger partial charge in [-0.05, 0) is 42.7 Å². The molecule has 0 N–H and O–H groups in total. The molecule has 0 spiro atoms. The largest absolute Gasteiger partial charge is 0.376 e.